The highest BCUT2D eigenvalue weighted by atomic mass is 35.5. The Bertz CT molecular complexity index is 1340. The molecular formula is C26H28Cl2FN7O. The van der Waals surface area contributed by atoms with E-state index < -0.39 is 11.7 Å². The van der Waals surface area contributed by atoms with E-state index in [1.54, 1.807) is 18.2 Å². The first kappa shape index (κ1) is 25.5. The second-order valence-electron chi connectivity index (χ2n) is 9.61. The Morgan fingerprint density at radius 1 is 1.03 bits per heavy atom. The Labute approximate surface area is 225 Å². The van der Waals surface area contributed by atoms with Gasteiger partial charge in [0.1, 0.15) is 17.5 Å². The molecule has 0 saturated carbocycles. The number of primary amides is 1. The van der Waals surface area contributed by atoms with Crippen LogP contribution in [0, 0.1) is 5.82 Å². The van der Waals surface area contributed by atoms with Gasteiger partial charge >= 0.3 is 0 Å². The van der Waals surface area contributed by atoms with Crippen LogP contribution >= 0.6 is 23.2 Å². The fourth-order valence-electron chi connectivity index (χ4n) is 5.02. The number of carbonyl (C=O) groups is 1. The SMILES string of the molecule is CC1CN(c2ncc(C(N)=O)cc2Cl)CCN1c1cc(-c2ccc(F)c(Cl)c2)nc(N2CCCC2C)n1. The summed E-state index contributed by atoms with van der Waals surface area (Å²) in [5.74, 6) is 1.06. The topological polar surface area (TPSA) is 91.5 Å². The summed E-state index contributed by atoms with van der Waals surface area (Å²) in [6, 6.07) is 8.56. The lowest BCUT2D eigenvalue weighted by molar-refractivity contribution is 0.1000. The predicted octanol–water partition coefficient (Wildman–Crippen LogP) is 4.79. The van der Waals surface area contributed by atoms with Crippen molar-refractivity contribution in [1.82, 2.24) is 15.0 Å². The number of aromatic nitrogens is 3. The number of hydrogen-bond donors (Lipinski definition) is 1. The number of halogens is 3. The lowest BCUT2D eigenvalue weighted by Crippen LogP contribution is -2.53. The van der Waals surface area contributed by atoms with Gasteiger partial charge in [-0.3, -0.25) is 4.79 Å². The maximum atomic E-state index is 13.9. The molecule has 2 unspecified atom stereocenters. The third-order valence-electron chi connectivity index (χ3n) is 7.05. The van der Waals surface area contributed by atoms with Gasteiger partial charge in [-0.1, -0.05) is 23.2 Å². The molecule has 5 rings (SSSR count). The average Bonchev–Trinajstić information content (AvgIpc) is 3.31. The van der Waals surface area contributed by atoms with Crippen molar-refractivity contribution in [2.75, 3.05) is 40.9 Å². The van der Waals surface area contributed by atoms with Gasteiger partial charge in [-0.25, -0.2) is 14.4 Å². The molecule has 37 heavy (non-hydrogen) atoms. The number of hydrogen-bond acceptors (Lipinski definition) is 7. The number of amides is 1. The van der Waals surface area contributed by atoms with Gasteiger partial charge in [0, 0.05) is 56.1 Å². The van der Waals surface area contributed by atoms with Crippen LogP contribution in [-0.4, -0.2) is 59.1 Å². The molecule has 4 heterocycles. The van der Waals surface area contributed by atoms with E-state index in [9.17, 15) is 9.18 Å². The van der Waals surface area contributed by atoms with Gasteiger partial charge in [-0.15, -0.1) is 0 Å². The zero-order chi connectivity index (χ0) is 26.3. The van der Waals surface area contributed by atoms with E-state index >= 15 is 0 Å². The molecule has 1 amide bonds. The number of nitrogens with two attached hydrogens (primary N) is 1. The van der Waals surface area contributed by atoms with E-state index in [1.165, 1.54) is 12.3 Å². The minimum Gasteiger partial charge on any atom is -0.366 e. The molecule has 1 aromatic carbocycles. The van der Waals surface area contributed by atoms with Crippen LogP contribution in [0.3, 0.4) is 0 Å². The highest BCUT2D eigenvalue weighted by molar-refractivity contribution is 6.33. The van der Waals surface area contributed by atoms with Gasteiger partial charge in [0.05, 0.1) is 21.3 Å². The van der Waals surface area contributed by atoms with E-state index in [0.29, 0.717) is 48.2 Å². The molecule has 2 saturated heterocycles. The molecule has 2 aromatic heterocycles. The molecule has 2 aliphatic heterocycles. The fraction of sp³-hybridized carbons (Fsp3) is 0.385. The zero-order valence-electron chi connectivity index (χ0n) is 20.7. The minimum absolute atomic E-state index is 0.0578. The molecule has 8 nitrogen and oxygen atoms in total. The first-order chi connectivity index (χ1) is 17.7. The summed E-state index contributed by atoms with van der Waals surface area (Å²) >= 11 is 12.5. The Morgan fingerprint density at radius 3 is 2.49 bits per heavy atom. The highest BCUT2D eigenvalue weighted by Gasteiger charge is 2.30. The monoisotopic (exact) mass is 543 g/mol. The quantitative estimate of drug-likeness (QED) is 0.494. The first-order valence-electron chi connectivity index (χ1n) is 12.3. The van der Waals surface area contributed by atoms with Gasteiger partial charge in [0.15, 0.2) is 0 Å². The normalized spacial score (nSPS) is 20.0. The Morgan fingerprint density at radius 2 is 1.84 bits per heavy atom. The van der Waals surface area contributed by atoms with Crippen LogP contribution in [0.5, 0.6) is 0 Å². The minimum atomic E-state index is -0.565. The van der Waals surface area contributed by atoms with Gasteiger partial charge in [0.25, 0.3) is 0 Å². The van der Waals surface area contributed by atoms with Crippen molar-refractivity contribution in [1.29, 1.82) is 0 Å². The lowest BCUT2D eigenvalue weighted by Gasteiger charge is -2.41. The van der Waals surface area contributed by atoms with Gasteiger partial charge in [0.2, 0.25) is 11.9 Å². The number of piperazine rings is 1. The summed E-state index contributed by atoms with van der Waals surface area (Å²) in [6.45, 7) is 7.17. The third kappa shape index (κ3) is 5.15. The molecule has 194 valence electrons. The Kier molecular flexibility index (Phi) is 7.09. The number of nitrogens with zero attached hydrogens (tertiary/aromatic N) is 6. The van der Waals surface area contributed by atoms with Crippen LogP contribution in [0.25, 0.3) is 11.3 Å². The maximum absolute atomic E-state index is 13.9. The standard InChI is InChI=1S/C26H28Cl2FN7O/c1-15-4-3-7-36(15)26-32-22(17-5-6-21(29)19(27)10-17)12-23(33-26)35-9-8-34(14-16(35)2)25-20(28)11-18(13-31-25)24(30)37/h5-6,10-13,15-16H,3-4,7-9,14H2,1-2H3,(H2,30,37). The summed E-state index contributed by atoms with van der Waals surface area (Å²) < 4.78 is 13.9. The summed E-state index contributed by atoms with van der Waals surface area (Å²) in [7, 11) is 0. The number of carbonyl (C=O) groups excluding carboxylic acids is 1. The van der Waals surface area contributed by atoms with Crippen molar-refractivity contribution >= 4 is 46.7 Å². The molecule has 11 heteroatoms. The van der Waals surface area contributed by atoms with Crippen molar-refractivity contribution in [3.8, 4) is 11.3 Å². The summed E-state index contributed by atoms with van der Waals surface area (Å²) in [5, 5.41) is 0.447. The predicted molar refractivity (Wildman–Crippen MR) is 145 cm³/mol. The Hall–Kier alpha value is -3.17. The van der Waals surface area contributed by atoms with Crippen LogP contribution < -0.4 is 20.4 Å². The molecule has 2 N–H and O–H groups in total. The summed E-state index contributed by atoms with van der Waals surface area (Å²) in [6.07, 6.45) is 3.63. The molecule has 0 aliphatic carbocycles. The summed E-state index contributed by atoms with van der Waals surface area (Å²) in [4.78, 5) is 32.3. The van der Waals surface area contributed by atoms with E-state index in [-0.39, 0.29) is 16.6 Å². The van der Waals surface area contributed by atoms with Crippen molar-refractivity contribution in [2.45, 2.75) is 38.8 Å². The second kappa shape index (κ2) is 10.3. The summed E-state index contributed by atoms with van der Waals surface area (Å²) in [5.41, 5.74) is 7.06. The largest absolute Gasteiger partial charge is 0.366 e. The van der Waals surface area contributed by atoms with Crippen LogP contribution in [-0.2, 0) is 0 Å². The number of pyridine rings is 1. The van der Waals surface area contributed by atoms with Crippen molar-refractivity contribution in [3.05, 3.63) is 58.0 Å². The van der Waals surface area contributed by atoms with Gasteiger partial charge in [-0.2, -0.15) is 4.98 Å². The van der Waals surface area contributed by atoms with Crippen molar-refractivity contribution in [3.63, 3.8) is 0 Å². The number of rotatable bonds is 5. The van der Waals surface area contributed by atoms with Crippen LogP contribution in [0.15, 0.2) is 36.5 Å². The smallest absolute Gasteiger partial charge is 0.250 e. The van der Waals surface area contributed by atoms with E-state index in [2.05, 4.69) is 33.5 Å². The lowest BCUT2D eigenvalue weighted by atomic mass is 10.1. The molecular weight excluding hydrogens is 516 g/mol. The maximum Gasteiger partial charge on any atom is 0.250 e. The molecule has 3 aromatic rings. The fourth-order valence-corrected chi connectivity index (χ4v) is 5.49. The molecule has 2 aliphatic rings. The van der Waals surface area contributed by atoms with Crippen LogP contribution in [0.1, 0.15) is 37.0 Å². The first-order valence-corrected chi connectivity index (χ1v) is 13.0. The van der Waals surface area contributed by atoms with E-state index in [4.69, 9.17) is 38.9 Å². The molecule has 2 atom stereocenters. The van der Waals surface area contributed by atoms with E-state index in [0.717, 1.165) is 30.8 Å². The van der Waals surface area contributed by atoms with Crippen LogP contribution in [0.2, 0.25) is 10.0 Å². The van der Waals surface area contributed by atoms with Crippen LogP contribution in [0.4, 0.5) is 22.0 Å². The molecule has 0 bridgehead atoms. The molecule has 0 spiro atoms. The van der Waals surface area contributed by atoms with Gasteiger partial charge in [-0.05, 0) is 51.0 Å². The molecule has 0 radical (unpaired) electrons. The number of anilines is 3. The number of benzene rings is 1. The molecule has 2 fully saturated rings. The second-order valence-corrected chi connectivity index (χ2v) is 10.4. The van der Waals surface area contributed by atoms with Gasteiger partial charge < -0.3 is 20.4 Å². The highest BCUT2D eigenvalue weighted by Crippen LogP contribution is 2.33. The average molecular weight is 544 g/mol. The van der Waals surface area contributed by atoms with E-state index in [1.807, 2.05) is 6.07 Å². The Balaban J connectivity index is 1.46. The third-order valence-corrected chi connectivity index (χ3v) is 7.62. The van der Waals surface area contributed by atoms with Crippen molar-refractivity contribution < 1.29 is 9.18 Å². The zero-order valence-corrected chi connectivity index (χ0v) is 22.2. The van der Waals surface area contributed by atoms with Crippen molar-refractivity contribution in [2.24, 2.45) is 5.73 Å².